The first-order chi connectivity index (χ1) is 10.7. The number of rotatable bonds is 2. The lowest BCUT2D eigenvalue weighted by atomic mass is 9.99. The predicted molar refractivity (Wildman–Crippen MR) is 82.9 cm³/mol. The largest absolute Gasteiger partial charge is 0.503 e. The lowest BCUT2D eigenvalue weighted by Gasteiger charge is -2.31. The van der Waals surface area contributed by atoms with E-state index in [9.17, 15) is 9.90 Å². The minimum absolute atomic E-state index is 0.259. The lowest BCUT2D eigenvalue weighted by Crippen LogP contribution is -2.45. The van der Waals surface area contributed by atoms with Gasteiger partial charge in [0.2, 0.25) is 0 Å². The van der Waals surface area contributed by atoms with Crippen molar-refractivity contribution in [1.29, 1.82) is 0 Å². The predicted octanol–water partition coefficient (Wildman–Crippen LogP) is 2.76. The van der Waals surface area contributed by atoms with Crippen molar-refractivity contribution in [3.05, 3.63) is 65.9 Å². The van der Waals surface area contributed by atoms with Crippen molar-refractivity contribution in [2.45, 2.75) is 5.66 Å². The number of benzene rings is 2. The second kappa shape index (κ2) is 4.27. The standard InChI is InChI=1S/C17H14N2O3/c1-22-12-6-4-5-11(9-12)17-10-15(20)16(21)19(17)14-8-3-2-7-13(14)18-17/h2-10,18,20H,1H3/t17-/m0/s1. The summed E-state index contributed by atoms with van der Waals surface area (Å²) in [6.07, 6.45) is 1.55. The van der Waals surface area contributed by atoms with E-state index in [1.807, 2.05) is 48.5 Å². The van der Waals surface area contributed by atoms with Crippen molar-refractivity contribution < 1.29 is 14.6 Å². The molecule has 0 saturated carbocycles. The van der Waals surface area contributed by atoms with Gasteiger partial charge in [0, 0.05) is 11.6 Å². The van der Waals surface area contributed by atoms with Gasteiger partial charge >= 0.3 is 0 Å². The number of amides is 1. The number of nitrogens with one attached hydrogen (secondary N) is 1. The number of para-hydroxylation sites is 2. The van der Waals surface area contributed by atoms with Gasteiger partial charge in [-0.3, -0.25) is 9.69 Å². The Bertz CT molecular complexity index is 815. The molecule has 0 unspecified atom stereocenters. The Kier molecular flexibility index (Phi) is 2.48. The van der Waals surface area contributed by atoms with Gasteiger partial charge in [-0.25, -0.2) is 0 Å². The van der Waals surface area contributed by atoms with Gasteiger partial charge in [-0.15, -0.1) is 0 Å². The van der Waals surface area contributed by atoms with Crippen molar-refractivity contribution in [3.8, 4) is 5.75 Å². The summed E-state index contributed by atoms with van der Waals surface area (Å²) in [4.78, 5) is 14.0. The number of ether oxygens (including phenoxy) is 1. The highest BCUT2D eigenvalue weighted by molar-refractivity contribution is 6.13. The van der Waals surface area contributed by atoms with Crippen LogP contribution in [0.2, 0.25) is 0 Å². The van der Waals surface area contributed by atoms with Crippen molar-refractivity contribution in [3.63, 3.8) is 0 Å². The van der Waals surface area contributed by atoms with E-state index in [1.165, 1.54) is 0 Å². The zero-order valence-corrected chi connectivity index (χ0v) is 11.9. The summed E-state index contributed by atoms with van der Waals surface area (Å²) in [7, 11) is 1.60. The minimum atomic E-state index is -0.917. The van der Waals surface area contributed by atoms with Gasteiger partial charge in [0.15, 0.2) is 11.4 Å². The molecule has 0 radical (unpaired) electrons. The molecule has 0 bridgehead atoms. The molecule has 110 valence electrons. The van der Waals surface area contributed by atoms with Gasteiger partial charge in [-0.2, -0.15) is 0 Å². The summed E-state index contributed by atoms with van der Waals surface area (Å²) in [5, 5.41) is 13.3. The fourth-order valence-corrected chi connectivity index (χ4v) is 3.11. The van der Waals surface area contributed by atoms with Crippen molar-refractivity contribution >= 4 is 17.3 Å². The number of aliphatic hydroxyl groups excluding tert-OH is 1. The van der Waals surface area contributed by atoms with E-state index in [0.29, 0.717) is 5.75 Å². The summed E-state index contributed by atoms with van der Waals surface area (Å²) >= 11 is 0. The molecule has 2 aromatic carbocycles. The number of anilines is 2. The molecule has 2 aliphatic rings. The topological polar surface area (TPSA) is 61.8 Å². The Morgan fingerprint density at radius 2 is 2.00 bits per heavy atom. The van der Waals surface area contributed by atoms with E-state index in [1.54, 1.807) is 18.1 Å². The van der Waals surface area contributed by atoms with E-state index >= 15 is 0 Å². The molecular weight excluding hydrogens is 280 g/mol. The Morgan fingerprint density at radius 3 is 2.82 bits per heavy atom. The first-order valence-electron chi connectivity index (χ1n) is 6.94. The molecule has 0 aromatic heterocycles. The zero-order valence-electron chi connectivity index (χ0n) is 11.9. The smallest absolute Gasteiger partial charge is 0.295 e. The summed E-state index contributed by atoms with van der Waals surface area (Å²) in [5.74, 6) is 0.0157. The van der Waals surface area contributed by atoms with Crippen LogP contribution in [-0.2, 0) is 10.5 Å². The van der Waals surface area contributed by atoms with E-state index < -0.39 is 11.6 Å². The number of aliphatic hydroxyl groups is 1. The molecule has 1 amide bonds. The maximum Gasteiger partial charge on any atom is 0.295 e. The molecule has 4 rings (SSSR count). The van der Waals surface area contributed by atoms with Crippen LogP contribution in [0.4, 0.5) is 11.4 Å². The summed E-state index contributed by atoms with van der Waals surface area (Å²) in [5.41, 5.74) is 1.50. The van der Waals surface area contributed by atoms with Gasteiger partial charge in [-0.1, -0.05) is 24.3 Å². The molecule has 1 atom stereocenters. The highest BCUT2D eigenvalue weighted by Gasteiger charge is 2.52. The molecule has 0 saturated heterocycles. The highest BCUT2D eigenvalue weighted by atomic mass is 16.5. The van der Waals surface area contributed by atoms with Gasteiger partial charge in [0.25, 0.3) is 5.91 Å². The third kappa shape index (κ3) is 1.50. The van der Waals surface area contributed by atoms with Crippen LogP contribution in [0.3, 0.4) is 0 Å². The normalized spacial score (nSPS) is 22.0. The quantitative estimate of drug-likeness (QED) is 0.894. The molecule has 5 nitrogen and oxygen atoms in total. The number of nitrogens with zero attached hydrogens (tertiary/aromatic N) is 1. The molecule has 0 aliphatic carbocycles. The van der Waals surface area contributed by atoms with Crippen LogP contribution in [0, 0.1) is 0 Å². The fourth-order valence-electron chi connectivity index (χ4n) is 3.11. The van der Waals surface area contributed by atoms with Crippen LogP contribution >= 0.6 is 0 Å². The van der Waals surface area contributed by atoms with Crippen LogP contribution < -0.4 is 15.0 Å². The van der Waals surface area contributed by atoms with Gasteiger partial charge < -0.3 is 15.2 Å². The summed E-state index contributed by atoms with van der Waals surface area (Å²) < 4.78 is 5.28. The van der Waals surface area contributed by atoms with E-state index in [2.05, 4.69) is 5.32 Å². The monoisotopic (exact) mass is 294 g/mol. The van der Waals surface area contributed by atoms with Gasteiger partial charge in [0.1, 0.15) is 5.75 Å². The van der Waals surface area contributed by atoms with Crippen LogP contribution in [0.1, 0.15) is 5.56 Å². The second-order valence-corrected chi connectivity index (χ2v) is 5.31. The fraction of sp³-hybridized carbons (Fsp3) is 0.118. The van der Waals surface area contributed by atoms with E-state index in [0.717, 1.165) is 16.9 Å². The first-order valence-corrected chi connectivity index (χ1v) is 6.94. The Morgan fingerprint density at radius 1 is 1.18 bits per heavy atom. The Balaban J connectivity index is 1.94. The first kappa shape index (κ1) is 12.8. The molecule has 2 heterocycles. The second-order valence-electron chi connectivity index (χ2n) is 5.31. The maximum atomic E-state index is 12.4. The average Bonchev–Trinajstić information content (AvgIpc) is 3.00. The third-order valence-corrected chi connectivity index (χ3v) is 4.10. The third-order valence-electron chi connectivity index (χ3n) is 4.10. The van der Waals surface area contributed by atoms with Crippen molar-refractivity contribution in [2.24, 2.45) is 0 Å². The number of methoxy groups -OCH3 is 1. The molecule has 0 fully saturated rings. The molecule has 5 heteroatoms. The van der Waals surface area contributed by atoms with Crippen LogP contribution in [-0.4, -0.2) is 18.1 Å². The Labute approximate surface area is 127 Å². The molecule has 22 heavy (non-hydrogen) atoms. The number of carbonyl (C=O) groups excluding carboxylic acids is 1. The number of hydrogen-bond donors (Lipinski definition) is 2. The average molecular weight is 294 g/mol. The van der Waals surface area contributed by atoms with Gasteiger partial charge in [-0.05, 0) is 24.3 Å². The molecule has 2 N–H and O–H groups in total. The maximum absolute atomic E-state index is 12.4. The van der Waals surface area contributed by atoms with E-state index in [4.69, 9.17) is 4.74 Å². The van der Waals surface area contributed by atoms with Crippen molar-refractivity contribution in [1.82, 2.24) is 0 Å². The minimum Gasteiger partial charge on any atom is -0.503 e. The molecule has 2 aromatic rings. The molecular formula is C17H14N2O3. The zero-order chi connectivity index (χ0) is 15.3. The van der Waals surface area contributed by atoms with Crippen molar-refractivity contribution in [2.75, 3.05) is 17.3 Å². The van der Waals surface area contributed by atoms with Crippen LogP contribution in [0.5, 0.6) is 5.75 Å². The summed E-state index contributed by atoms with van der Waals surface area (Å²) in [6, 6.07) is 15.0. The number of fused-ring (bicyclic) bond motifs is 3. The number of hydrogen-bond acceptors (Lipinski definition) is 4. The van der Waals surface area contributed by atoms with E-state index in [-0.39, 0.29) is 5.76 Å². The SMILES string of the molecule is COc1cccc([C@]23C=C(O)C(=O)N2c2ccccc2N3)c1. The van der Waals surface area contributed by atoms with Crippen LogP contribution in [0.15, 0.2) is 60.4 Å². The number of carbonyl (C=O) groups is 1. The molecule has 2 aliphatic heterocycles. The van der Waals surface area contributed by atoms with Gasteiger partial charge in [0.05, 0.1) is 18.5 Å². The summed E-state index contributed by atoms with van der Waals surface area (Å²) in [6.45, 7) is 0. The lowest BCUT2D eigenvalue weighted by molar-refractivity contribution is -0.117. The Hall–Kier alpha value is -2.95. The highest BCUT2D eigenvalue weighted by Crippen LogP contribution is 2.50. The van der Waals surface area contributed by atoms with Crippen LogP contribution in [0.25, 0.3) is 0 Å². The molecule has 0 spiro atoms.